The number of rotatable bonds is 9. The van der Waals surface area contributed by atoms with Gasteiger partial charge in [-0.15, -0.1) is 0 Å². The minimum atomic E-state index is -0.968. The van der Waals surface area contributed by atoms with E-state index in [-0.39, 0.29) is 6.54 Å². The summed E-state index contributed by atoms with van der Waals surface area (Å²) in [6, 6.07) is 24.8. The zero-order valence-corrected chi connectivity index (χ0v) is 24.3. The second-order valence-electron chi connectivity index (χ2n) is 10.5. The summed E-state index contributed by atoms with van der Waals surface area (Å²) in [6.07, 6.45) is 8.95. The minimum Gasteiger partial charge on any atom is -0.364 e. The molecular weight excluding hydrogens is 586 g/mol. The molecule has 0 aliphatic heterocycles. The standard InChI is InChI=1S/C35H26F2N8O/c36-30-9-8-22(15-31(30)37)18-42-35(46)27-7-4-12-39-33(27)40-20-25-16-23(10-13-38-25)29-21-45(26-5-2-1-3-6-26)34-28(29)17-24(19-41-34)32-11-14-43-44-32/h1-17,19,21H,18,20H2,(H,39,40)(H,42,46)(H,43,44). The highest BCUT2D eigenvalue weighted by Crippen LogP contribution is 2.34. The average molecular weight is 613 g/mol. The quantitative estimate of drug-likeness (QED) is 0.167. The van der Waals surface area contributed by atoms with Crippen molar-refractivity contribution in [3.05, 3.63) is 144 Å². The summed E-state index contributed by atoms with van der Waals surface area (Å²) < 4.78 is 28.9. The molecule has 0 aliphatic carbocycles. The van der Waals surface area contributed by atoms with Crippen LogP contribution in [0.4, 0.5) is 14.6 Å². The number of pyridine rings is 3. The topological polar surface area (TPSA) is 113 Å². The van der Waals surface area contributed by atoms with E-state index in [4.69, 9.17) is 4.98 Å². The third-order valence-corrected chi connectivity index (χ3v) is 7.54. The van der Waals surface area contributed by atoms with Crippen molar-refractivity contribution in [1.82, 2.24) is 35.0 Å². The van der Waals surface area contributed by atoms with Crippen molar-refractivity contribution in [1.29, 1.82) is 0 Å². The van der Waals surface area contributed by atoms with Crippen LogP contribution >= 0.6 is 0 Å². The number of halogens is 2. The zero-order valence-electron chi connectivity index (χ0n) is 24.3. The summed E-state index contributed by atoms with van der Waals surface area (Å²) in [5.74, 6) is -1.95. The fourth-order valence-corrected chi connectivity index (χ4v) is 5.26. The van der Waals surface area contributed by atoms with Gasteiger partial charge in [-0.2, -0.15) is 5.10 Å². The van der Waals surface area contributed by atoms with Gasteiger partial charge in [0.25, 0.3) is 5.91 Å². The van der Waals surface area contributed by atoms with E-state index in [2.05, 4.69) is 47.6 Å². The molecule has 5 aromatic heterocycles. The Kier molecular flexibility index (Phi) is 7.70. The lowest BCUT2D eigenvalue weighted by molar-refractivity contribution is 0.0951. The number of benzene rings is 2. The molecule has 0 atom stereocenters. The van der Waals surface area contributed by atoms with Crippen molar-refractivity contribution in [2.75, 3.05) is 5.32 Å². The highest BCUT2D eigenvalue weighted by Gasteiger charge is 2.17. The number of carbonyl (C=O) groups is 1. The first-order valence-electron chi connectivity index (χ1n) is 14.5. The van der Waals surface area contributed by atoms with Crippen molar-refractivity contribution in [3.8, 4) is 28.1 Å². The van der Waals surface area contributed by atoms with E-state index in [1.807, 2.05) is 54.7 Å². The summed E-state index contributed by atoms with van der Waals surface area (Å²) in [5, 5.41) is 14.0. The number of H-pyrrole nitrogens is 1. The van der Waals surface area contributed by atoms with Crippen LogP contribution in [0.1, 0.15) is 21.6 Å². The number of hydrogen-bond acceptors (Lipinski definition) is 6. The van der Waals surface area contributed by atoms with Gasteiger partial charge in [0.15, 0.2) is 11.6 Å². The molecule has 0 spiro atoms. The molecule has 46 heavy (non-hydrogen) atoms. The van der Waals surface area contributed by atoms with Gasteiger partial charge in [-0.3, -0.25) is 14.9 Å². The largest absolute Gasteiger partial charge is 0.364 e. The third-order valence-electron chi connectivity index (χ3n) is 7.54. The summed E-state index contributed by atoms with van der Waals surface area (Å²) in [4.78, 5) is 26.8. The van der Waals surface area contributed by atoms with Crippen LogP contribution in [0.2, 0.25) is 0 Å². The van der Waals surface area contributed by atoms with Crippen molar-refractivity contribution in [3.63, 3.8) is 0 Å². The maximum absolute atomic E-state index is 13.6. The van der Waals surface area contributed by atoms with Gasteiger partial charge in [0.05, 0.1) is 23.5 Å². The molecule has 0 bridgehead atoms. The number of fused-ring (bicyclic) bond motifs is 1. The Balaban J connectivity index is 1.15. The fourth-order valence-electron chi connectivity index (χ4n) is 5.26. The van der Waals surface area contributed by atoms with Crippen molar-refractivity contribution >= 4 is 22.8 Å². The minimum absolute atomic E-state index is 0.0293. The van der Waals surface area contributed by atoms with E-state index < -0.39 is 17.5 Å². The van der Waals surface area contributed by atoms with Crippen LogP contribution in [0.3, 0.4) is 0 Å². The Morgan fingerprint density at radius 3 is 2.52 bits per heavy atom. The summed E-state index contributed by atoms with van der Waals surface area (Å²) in [5.41, 5.74) is 6.99. The van der Waals surface area contributed by atoms with Crippen LogP contribution in [-0.4, -0.2) is 35.6 Å². The molecular formula is C35H26F2N8O. The second-order valence-corrected chi connectivity index (χ2v) is 10.5. The van der Waals surface area contributed by atoms with Crippen LogP contribution in [0.15, 0.2) is 116 Å². The first-order valence-corrected chi connectivity index (χ1v) is 14.5. The molecule has 9 nitrogen and oxygen atoms in total. The molecule has 3 N–H and O–H groups in total. The maximum Gasteiger partial charge on any atom is 0.255 e. The zero-order chi connectivity index (χ0) is 31.5. The maximum atomic E-state index is 13.6. The molecule has 226 valence electrons. The number of carbonyl (C=O) groups excluding carboxylic acids is 1. The normalized spacial score (nSPS) is 11.1. The predicted octanol–water partition coefficient (Wildman–Crippen LogP) is 6.69. The molecule has 0 saturated carbocycles. The SMILES string of the molecule is O=C(NCc1ccc(F)c(F)c1)c1cccnc1NCc1cc(-c2cn(-c3ccccc3)c3ncc(-c4ccn[nH]4)cc23)ccn1. The van der Waals surface area contributed by atoms with Crippen LogP contribution < -0.4 is 10.6 Å². The van der Waals surface area contributed by atoms with Crippen molar-refractivity contribution < 1.29 is 13.6 Å². The number of nitrogens with one attached hydrogen (secondary N) is 3. The third kappa shape index (κ3) is 5.81. The highest BCUT2D eigenvalue weighted by atomic mass is 19.2. The summed E-state index contributed by atoms with van der Waals surface area (Å²) in [6.45, 7) is 0.324. The molecule has 0 saturated heterocycles. The molecule has 1 amide bonds. The van der Waals surface area contributed by atoms with E-state index in [0.717, 1.165) is 56.9 Å². The number of hydrogen-bond donors (Lipinski definition) is 3. The van der Waals surface area contributed by atoms with Crippen LogP contribution in [-0.2, 0) is 13.1 Å². The first-order chi connectivity index (χ1) is 22.5. The Morgan fingerprint density at radius 1 is 0.804 bits per heavy atom. The number of para-hydroxylation sites is 1. The van der Waals surface area contributed by atoms with E-state index in [1.54, 1.807) is 30.7 Å². The van der Waals surface area contributed by atoms with Gasteiger partial charge in [-0.25, -0.2) is 18.7 Å². The molecule has 0 radical (unpaired) electrons. The number of aromatic amines is 1. The van der Waals surface area contributed by atoms with E-state index in [1.165, 1.54) is 6.07 Å². The molecule has 2 aromatic carbocycles. The predicted molar refractivity (Wildman–Crippen MR) is 171 cm³/mol. The Hall–Kier alpha value is -6.23. The number of amides is 1. The van der Waals surface area contributed by atoms with E-state index in [9.17, 15) is 13.6 Å². The van der Waals surface area contributed by atoms with Gasteiger partial charge in [0.2, 0.25) is 0 Å². The Morgan fingerprint density at radius 2 is 1.70 bits per heavy atom. The lowest BCUT2D eigenvalue weighted by atomic mass is 10.0. The first kappa shape index (κ1) is 28.5. The molecule has 11 heteroatoms. The van der Waals surface area contributed by atoms with Gasteiger partial charge >= 0.3 is 0 Å². The lowest BCUT2D eigenvalue weighted by Crippen LogP contribution is -2.24. The van der Waals surface area contributed by atoms with Crippen LogP contribution in [0, 0.1) is 11.6 Å². The van der Waals surface area contributed by atoms with Gasteiger partial charge in [0, 0.05) is 59.7 Å². The van der Waals surface area contributed by atoms with Gasteiger partial charge < -0.3 is 15.2 Å². The monoisotopic (exact) mass is 612 g/mol. The van der Waals surface area contributed by atoms with Crippen LogP contribution in [0.5, 0.6) is 0 Å². The number of nitrogens with zero attached hydrogens (tertiary/aromatic N) is 5. The molecule has 5 heterocycles. The fraction of sp³-hybridized carbons (Fsp3) is 0.0571. The highest BCUT2D eigenvalue weighted by molar-refractivity contribution is 5.99. The van der Waals surface area contributed by atoms with Gasteiger partial charge in [-0.1, -0.05) is 24.3 Å². The van der Waals surface area contributed by atoms with Gasteiger partial charge in [-0.05, 0) is 71.8 Å². The van der Waals surface area contributed by atoms with Crippen LogP contribution in [0.25, 0.3) is 39.1 Å². The van der Waals surface area contributed by atoms with Crippen molar-refractivity contribution in [2.24, 2.45) is 0 Å². The summed E-state index contributed by atoms with van der Waals surface area (Å²) >= 11 is 0. The molecule has 0 aliphatic rings. The van der Waals surface area contributed by atoms with Gasteiger partial charge in [0.1, 0.15) is 11.5 Å². The Bertz CT molecular complexity index is 2160. The molecule has 0 fully saturated rings. The number of anilines is 1. The smallest absolute Gasteiger partial charge is 0.255 e. The second kappa shape index (κ2) is 12.4. The lowest BCUT2D eigenvalue weighted by Gasteiger charge is -2.12. The average Bonchev–Trinajstić information content (AvgIpc) is 3.77. The molecule has 7 rings (SSSR count). The summed E-state index contributed by atoms with van der Waals surface area (Å²) in [7, 11) is 0. The number of aromatic nitrogens is 6. The van der Waals surface area contributed by atoms with E-state index in [0.29, 0.717) is 23.5 Å². The Labute approximate surface area is 262 Å². The van der Waals surface area contributed by atoms with E-state index >= 15 is 0 Å². The molecule has 0 unspecified atom stereocenters. The van der Waals surface area contributed by atoms with Crippen molar-refractivity contribution in [2.45, 2.75) is 13.1 Å². The molecule has 7 aromatic rings.